The van der Waals surface area contributed by atoms with Crippen LogP contribution in [0.5, 0.6) is 0 Å². The molecule has 0 bridgehead atoms. The molecule has 7 nitrogen and oxygen atoms in total. The fourth-order valence-electron chi connectivity index (χ4n) is 3.22. The number of H-pyrrole nitrogens is 1. The molecule has 2 aromatic carbocycles. The van der Waals surface area contributed by atoms with Crippen molar-refractivity contribution >= 4 is 28.4 Å². The number of nitrogens with zero attached hydrogens (tertiary/aromatic N) is 2. The number of benzene rings is 2. The number of amides is 1. The molecule has 8 heteroatoms. The highest BCUT2D eigenvalue weighted by atomic mass is 35.5. The number of aromatic nitrogens is 2. The van der Waals surface area contributed by atoms with Gasteiger partial charge >= 0.3 is 0 Å². The van der Waals surface area contributed by atoms with Gasteiger partial charge in [-0.3, -0.25) is 9.59 Å². The summed E-state index contributed by atoms with van der Waals surface area (Å²) in [6, 6.07) is 17.6. The quantitative estimate of drug-likeness (QED) is 0.469. The van der Waals surface area contributed by atoms with E-state index in [2.05, 4.69) is 9.97 Å². The normalized spacial score (nSPS) is 11.0. The van der Waals surface area contributed by atoms with Gasteiger partial charge in [0.05, 0.1) is 24.1 Å². The van der Waals surface area contributed by atoms with Gasteiger partial charge in [-0.15, -0.1) is 0 Å². The van der Waals surface area contributed by atoms with E-state index in [-0.39, 0.29) is 23.8 Å². The van der Waals surface area contributed by atoms with Crippen LogP contribution < -0.4 is 5.56 Å². The maximum Gasteiger partial charge on any atom is 0.290 e. The molecule has 158 valence electrons. The SMILES string of the molecule is COCCN(Cc1nc2ccccc2c(=O)[nH]1)C(=O)c1ccc(-c2ccc(Cl)cc2)o1. The Morgan fingerprint density at radius 3 is 2.68 bits per heavy atom. The Kier molecular flexibility index (Phi) is 6.16. The summed E-state index contributed by atoms with van der Waals surface area (Å²) < 4.78 is 10.9. The van der Waals surface area contributed by atoms with Gasteiger partial charge in [-0.05, 0) is 48.5 Å². The van der Waals surface area contributed by atoms with E-state index in [1.165, 1.54) is 4.90 Å². The maximum absolute atomic E-state index is 13.1. The zero-order valence-corrected chi connectivity index (χ0v) is 17.6. The number of ether oxygens (including phenoxy) is 1. The minimum absolute atomic E-state index is 0.110. The highest BCUT2D eigenvalue weighted by Crippen LogP contribution is 2.24. The van der Waals surface area contributed by atoms with Crippen LogP contribution in [-0.2, 0) is 11.3 Å². The van der Waals surface area contributed by atoms with Crippen LogP contribution in [0, 0.1) is 0 Å². The predicted octanol–water partition coefficient (Wildman–Crippen LogP) is 4.13. The fraction of sp³-hybridized carbons (Fsp3) is 0.174. The van der Waals surface area contributed by atoms with E-state index in [1.54, 1.807) is 49.6 Å². The molecule has 0 radical (unpaired) electrons. The third-order valence-corrected chi connectivity index (χ3v) is 5.05. The van der Waals surface area contributed by atoms with Gasteiger partial charge in [-0.1, -0.05) is 23.7 Å². The molecule has 0 atom stereocenters. The van der Waals surface area contributed by atoms with Crippen molar-refractivity contribution in [2.45, 2.75) is 6.54 Å². The summed E-state index contributed by atoms with van der Waals surface area (Å²) in [5, 5.41) is 1.12. The lowest BCUT2D eigenvalue weighted by atomic mass is 10.2. The predicted molar refractivity (Wildman–Crippen MR) is 118 cm³/mol. The van der Waals surface area contributed by atoms with E-state index in [0.717, 1.165) is 5.56 Å². The van der Waals surface area contributed by atoms with Crippen molar-refractivity contribution in [2.24, 2.45) is 0 Å². The van der Waals surface area contributed by atoms with Crippen LogP contribution >= 0.6 is 11.6 Å². The Morgan fingerprint density at radius 2 is 1.90 bits per heavy atom. The summed E-state index contributed by atoms with van der Waals surface area (Å²) in [5.74, 6) is 0.804. The van der Waals surface area contributed by atoms with Crippen molar-refractivity contribution in [3.63, 3.8) is 0 Å². The number of aromatic amines is 1. The van der Waals surface area contributed by atoms with Gasteiger partial charge < -0.3 is 19.0 Å². The Labute approximate surface area is 183 Å². The van der Waals surface area contributed by atoms with E-state index in [0.29, 0.717) is 40.7 Å². The van der Waals surface area contributed by atoms with Crippen LogP contribution in [0.15, 0.2) is 69.9 Å². The summed E-state index contributed by atoms with van der Waals surface area (Å²) >= 11 is 5.93. The van der Waals surface area contributed by atoms with Crippen molar-refractivity contribution in [1.82, 2.24) is 14.9 Å². The van der Waals surface area contributed by atoms with Crippen LogP contribution in [-0.4, -0.2) is 41.0 Å². The summed E-state index contributed by atoms with van der Waals surface area (Å²) in [7, 11) is 1.56. The van der Waals surface area contributed by atoms with Crippen molar-refractivity contribution in [2.75, 3.05) is 20.3 Å². The van der Waals surface area contributed by atoms with Crippen LogP contribution in [0.25, 0.3) is 22.2 Å². The molecule has 0 saturated carbocycles. The second-order valence-electron chi connectivity index (χ2n) is 6.92. The second kappa shape index (κ2) is 9.16. The average Bonchev–Trinajstić information content (AvgIpc) is 3.27. The minimum Gasteiger partial charge on any atom is -0.451 e. The number of hydrogen-bond acceptors (Lipinski definition) is 5. The number of para-hydroxylation sites is 1. The summed E-state index contributed by atoms with van der Waals surface area (Å²) in [6.45, 7) is 0.746. The standard InChI is InChI=1S/C23H20ClN3O4/c1-30-13-12-27(14-21-25-18-5-3-2-4-17(18)22(28)26-21)23(29)20-11-10-19(31-20)15-6-8-16(24)9-7-15/h2-11H,12-14H2,1H3,(H,25,26,28). The zero-order valence-electron chi connectivity index (χ0n) is 16.8. The van der Waals surface area contributed by atoms with Crippen LogP contribution in [0.4, 0.5) is 0 Å². The van der Waals surface area contributed by atoms with E-state index in [9.17, 15) is 9.59 Å². The van der Waals surface area contributed by atoms with Gasteiger partial charge in [-0.25, -0.2) is 4.98 Å². The molecule has 2 heterocycles. The Bertz CT molecular complexity index is 1260. The van der Waals surface area contributed by atoms with Gasteiger partial charge in [-0.2, -0.15) is 0 Å². The first-order chi connectivity index (χ1) is 15.0. The molecule has 1 N–H and O–H groups in total. The molecule has 0 aliphatic rings. The van der Waals surface area contributed by atoms with Crippen LogP contribution in [0.2, 0.25) is 5.02 Å². The number of halogens is 1. The Balaban J connectivity index is 1.60. The molecule has 1 amide bonds. The first-order valence-corrected chi connectivity index (χ1v) is 10.0. The van der Waals surface area contributed by atoms with Crippen molar-refractivity contribution in [3.8, 4) is 11.3 Å². The van der Waals surface area contributed by atoms with E-state index in [1.807, 2.05) is 18.2 Å². The fourth-order valence-corrected chi connectivity index (χ4v) is 3.35. The molecule has 4 rings (SSSR count). The van der Waals surface area contributed by atoms with Gasteiger partial charge in [0.2, 0.25) is 0 Å². The highest BCUT2D eigenvalue weighted by Gasteiger charge is 2.21. The lowest BCUT2D eigenvalue weighted by molar-refractivity contribution is 0.0645. The Morgan fingerprint density at radius 1 is 1.13 bits per heavy atom. The molecule has 31 heavy (non-hydrogen) atoms. The summed E-state index contributed by atoms with van der Waals surface area (Å²) in [6.07, 6.45) is 0. The number of nitrogens with one attached hydrogen (secondary N) is 1. The molecule has 4 aromatic rings. The molecule has 0 aliphatic carbocycles. The van der Waals surface area contributed by atoms with Gasteiger partial charge in [0.1, 0.15) is 11.6 Å². The Hall–Kier alpha value is -3.42. The van der Waals surface area contributed by atoms with E-state index < -0.39 is 0 Å². The molecule has 0 saturated heterocycles. The summed E-state index contributed by atoms with van der Waals surface area (Å²) in [4.78, 5) is 34.3. The molecule has 2 aromatic heterocycles. The van der Waals surface area contributed by atoms with Crippen molar-refractivity contribution in [1.29, 1.82) is 0 Å². The lowest BCUT2D eigenvalue weighted by Gasteiger charge is -2.20. The molecule has 0 spiro atoms. The number of furan rings is 1. The average molecular weight is 438 g/mol. The highest BCUT2D eigenvalue weighted by molar-refractivity contribution is 6.30. The molecule has 0 unspecified atom stereocenters. The molecule has 0 fully saturated rings. The first-order valence-electron chi connectivity index (χ1n) is 9.67. The second-order valence-corrected chi connectivity index (χ2v) is 7.36. The minimum atomic E-state index is -0.326. The third-order valence-electron chi connectivity index (χ3n) is 4.80. The zero-order chi connectivity index (χ0) is 21.8. The van der Waals surface area contributed by atoms with E-state index >= 15 is 0 Å². The number of hydrogen-bond donors (Lipinski definition) is 1. The van der Waals surface area contributed by atoms with Crippen LogP contribution in [0.1, 0.15) is 16.4 Å². The van der Waals surface area contributed by atoms with Crippen molar-refractivity contribution < 1.29 is 13.9 Å². The topological polar surface area (TPSA) is 88.4 Å². The maximum atomic E-state index is 13.1. The lowest BCUT2D eigenvalue weighted by Crippen LogP contribution is -2.34. The molecular weight excluding hydrogens is 418 g/mol. The number of methoxy groups -OCH3 is 1. The van der Waals surface area contributed by atoms with Gasteiger partial charge in [0, 0.05) is 24.2 Å². The van der Waals surface area contributed by atoms with Gasteiger partial charge in [0.15, 0.2) is 5.76 Å². The third kappa shape index (κ3) is 4.68. The number of fused-ring (bicyclic) bond motifs is 1. The van der Waals surface area contributed by atoms with Crippen LogP contribution in [0.3, 0.4) is 0 Å². The number of carbonyl (C=O) groups excluding carboxylic acids is 1. The van der Waals surface area contributed by atoms with Crippen molar-refractivity contribution in [3.05, 3.63) is 87.6 Å². The monoisotopic (exact) mass is 437 g/mol. The van der Waals surface area contributed by atoms with Gasteiger partial charge in [0.25, 0.3) is 11.5 Å². The number of carbonyl (C=O) groups is 1. The first kappa shape index (κ1) is 20.8. The van der Waals surface area contributed by atoms with E-state index in [4.69, 9.17) is 20.8 Å². The number of rotatable bonds is 7. The molecular formula is C23H20ClN3O4. The smallest absolute Gasteiger partial charge is 0.290 e. The largest absolute Gasteiger partial charge is 0.451 e. The summed E-state index contributed by atoms with van der Waals surface area (Å²) in [5.41, 5.74) is 1.14. The molecule has 0 aliphatic heterocycles.